The van der Waals surface area contributed by atoms with Gasteiger partial charge in [-0.3, -0.25) is 5.43 Å². The lowest BCUT2D eigenvalue weighted by Crippen LogP contribution is -2.00. The van der Waals surface area contributed by atoms with Crippen LogP contribution < -0.4 is 10.2 Å². The zero-order valence-corrected chi connectivity index (χ0v) is 13.6. The summed E-state index contributed by atoms with van der Waals surface area (Å²) < 4.78 is 6.62. The van der Waals surface area contributed by atoms with E-state index in [-0.39, 0.29) is 0 Å². The maximum Gasteiger partial charge on any atom is 0.204 e. The molecule has 0 aliphatic carbocycles. The van der Waals surface area contributed by atoms with Crippen LogP contribution in [0.3, 0.4) is 0 Å². The Morgan fingerprint density at radius 3 is 2.78 bits per heavy atom. The molecule has 0 aliphatic rings. The van der Waals surface area contributed by atoms with Crippen LogP contribution in [-0.2, 0) is 0 Å². The van der Waals surface area contributed by atoms with Gasteiger partial charge >= 0.3 is 0 Å². The number of benzene rings is 2. The van der Waals surface area contributed by atoms with Crippen LogP contribution >= 0.6 is 11.3 Å². The second kappa shape index (κ2) is 7.07. The molecule has 0 saturated heterocycles. The summed E-state index contributed by atoms with van der Waals surface area (Å²) in [6.45, 7) is 6.10. The van der Waals surface area contributed by atoms with Crippen LogP contribution in [0, 0.1) is 0 Å². The number of hydrazone groups is 1. The first kappa shape index (κ1) is 15.2. The van der Waals surface area contributed by atoms with Gasteiger partial charge in [0.05, 0.1) is 15.9 Å². The van der Waals surface area contributed by atoms with Gasteiger partial charge in [-0.15, -0.1) is 0 Å². The van der Waals surface area contributed by atoms with Gasteiger partial charge in [-0.2, -0.15) is 5.10 Å². The first-order valence-corrected chi connectivity index (χ1v) is 8.08. The molecule has 116 valence electrons. The molecule has 5 heteroatoms. The second-order valence-electron chi connectivity index (χ2n) is 4.92. The van der Waals surface area contributed by atoms with Gasteiger partial charge in [-0.1, -0.05) is 36.1 Å². The maximum absolute atomic E-state index is 5.47. The molecule has 0 unspecified atom stereocenters. The lowest BCUT2D eigenvalue weighted by atomic mass is 10.1. The van der Waals surface area contributed by atoms with Crippen molar-refractivity contribution in [3.8, 4) is 5.75 Å². The number of nitrogens with one attached hydrogen (secondary N) is 1. The lowest BCUT2D eigenvalue weighted by molar-refractivity contribution is 0.363. The molecule has 2 aromatic carbocycles. The summed E-state index contributed by atoms with van der Waals surface area (Å²) in [6.07, 6.45) is 1.72. The average Bonchev–Trinajstić information content (AvgIpc) is 3.01. The number of para-hydroxylation sites is 1. The first-order valence-electron chi connectivity index (χ1n) is 7.26. The number of aromatic nitrogens is 1. The van der Waals surface area contributed by atoms with Crippen molar-refractivity contribution in [1.82, 2.24) is 4.98 Å². The number of thiazole rings is 1. The van der Waals surface area contributed by atoms with Crippen molar-refractivity contribution < 1.29 is 4.74 Å². The Labute approximate surface area is 139 Å². The van der Waals surface area contributed by atoms with Crippen molar-refractivity contribution in [2.45, 2.75) is 6.92 Å². The van der Waals surface area contributed by atoms with Crippen LogP contribution in [0.25, 0.3) is 10.2 Å². The molecule has 4 nitrogen and oxygen atoms in total. The quantitative estimate of drug-likeness (QED) is 0.406. The Morgan fingerprint density at radius 1 is 1.26 bits per heavy atom. The van der Waals surface area contributed by atoms with Gasteiger partial charge in [0.25, 0.3) is 0 Å². The molecule has 0 amide bonds. The summed E-state index contributed by atoms with van der Waals surface area (Å²) in [5, 5.41) is 5.20. The Morgan fingerprint density at radius 2 is 2.04 bits per heavy atom. The average molecular weight is 323 g/mol. The molecule has 23 heavy (non-hydrogen) atoms. The van der Waals surface area contributed by atoms with Crippen LogP contribution in [0.2, 0.25) is 0 Å². The summed E-state index contributed by atoms with van der Waals surface area (Å²) in [7, 11) is 0. The van der Waals surface area contributed by atoms with E-state index in [1.807, 2.05) is 49.4 Å². The van der Waals surface area contributed by atoms with E-state index < -0.39 is 0 Å². The zero-order valence-electron chi connectivity index (χ0n) is 12.8. The topological polar surface area (TPSA) is 46.5 Å². The van der Waals surface area contributed by atoms with Gasteiger partial charge in [-0.05, 0) is 48.9 Å². The van der Waals surface area contributed by atoms with Crippen LogP contribution in [-0.4, -0.2) is 17.3 Å². The Kier molecular flexibility index (Phi) is 4.68. The summed E-state index contributed by atoms with van der Waals surface area (Å²) in [6, 6.07) is 15.9. The third-order valence-corrected chi connectivity index (χ3v) is 4.19. The highest BCUT2D eigenvalue weighted by molar-refractivity contribution is 7.22. The standard InChI is InChI=1S/C18H17N3OS/c1-3-12-22-15-10-8-14(9-11-15)13(2)20-21-18-19-16-6-4-5-7-17(16)23-18/h3-11H,1,12H2,2H3,(H,19,21)/b20-13-. The number of fused-ring (bicyclic) bond motifs is 1. The number of hydrogen-bond donors (Lipinski definition) is 1. The Hall–Kier alpha value is -2.66. The zero-order chi connectivity index (χ0) is 16.1. The minimum Gasteiger partial charge on any atom is -0.490 e. The van der Waals surface area contributed by atoms with Gasteiger partial charge < -0.3 is 4.74 Å². The van der Waals surface area contributed by atoms with Crippen molar-refractivity contribution in [2.75, 3.05) is 12.0 Å². The van der Waals surface area contributed by atoms with Crippen LogP contribution in [0.5, 0.6) is 5.75 Å². The third-order valence-electron chi connectivity index (χ3n) is 3.25. The normalized spacial score (nSPS) is 11.4. The van der Waals surface area contributed by atoms with E-state index in [1.165, 1.54) is 0 Å². The fourth-order valence-corrected chi connectivity index (χ4v) is 2.87. The van der Waals surface area contributed by atoms with Gasteiger partial charge in [0.2, 0.25) is 5.13 Å². The highest BCUT2D eigenvalue weighted by Crippen LogP contribution is 2.25. The van der Waals surface area contributed by atoms with Gasteiger partial charge in [0.15, 0.2) is 0 Å². The highest BCUT2D eigenvalue weighted by Gasteiger charge is 2.03. The largest absolute Gasteiger partial charge is 0.490 e. The van der Waals surface area contributed by atoms with E-state index >= 15 is 0 Å². The molecule has 0 spiro atoms. The number of rotatable bonds is 6. The number of anilines is 1. The molecule has 0 atom stereocenters. The molecule has 0 radical (unpaired) electrons. The minimum atomic E-state index is 0.506. The smallest absolute Gasteiger partial charge is 0.204 e. The fourth-order valence-electron chi connectivity index (χ4n) is 2.06. The Balaban J connectivity index is 1.70. The molecular weight excluding hydrogens is 306 g/mol. The van der Waals surface area contributed by atoms with Gasteiger partial charge in [-0.25, -0.2) is 4.98 Å². The summed E-state index contributed by atoms with van der Waals surface area (Å²) in [4.78, 5) is 4.50. The molecule has 1 aromatic heterocycles. The molecule has 1 heterocycles. The van der Waals surface area contributed by atoms with E-state index in [1.54, 1.807) is 17.4 Å². The molecule has 0 bridgehead atoms. The summed E-state index contributed by atoms with van der Waals surface area (Å²) >= 11 is 1.59. The summed E-state index contributed by atoms with van der Waals surface area (Å²) in [5.41, 5.74) is 5.94. The highest BCUT2D eigenvalue weighted by atomic mass is 32.1. The molecule has 0 aliphatic heterocycles. The van der Waals surface area contributed by atoms with Crippen molar-refractivity contribution in [3.05, 3.63) is 66.7 Å². The van der Waals surface area contributed by atoms with E-state index in [0.29, 0.717) is 6.61 Å². The van der Waals surface area contributed by atoms with Gasteiger partial charge in [0, 0.05) is 0 Å². The number of hydrogen-bond acceptors (Lipinski definition) is 5. The van der Waals surface area contributed by atoms with E-state index in [2.05, 4.69) is 28.2 Å². The van der Waals surface area contributed by atoms with E-state index in [9.17, 15) is 0 Å². The van der Waals surface area contributed by atoms with Crippen molar-refractivity contribution in [3.63, 3.8) is 0 Å². The molecule has 3 rings (SSSR count). The molecule has 0 saturated carbocycles. The third kappa shape index (κ3) is 3.76. The van der Waals surface area contributed by atoms with Crippen molar-refractivity contribution in [1.29, 1.82) is 0 Å². The second-order valence-corrected chi connectivity index (χ2v) is 5.95. The first-order chi connectivity index (χ1) is 11.3. The van der Waals surface area contributed by atoms with Crippen LogP contribution in [0.4, 0.5) is 5.13 Å². The predicted octanol–water partition coefficient (Wildman–Crippen LogP) is 4.70. The molecule has 1 N–H and O–H groups in total. The molecule has 3 aromatic rings. The van der Waals surface area contributed by atoms with Crippen molar-refractivity contribution in [2.24, 2.45) is 5.10 Å². The minimum absolute atomic E-state index is 0.506. The molecule has 0 fully saturated rings. The van der Waals surface area contributed by atoms with Crippen LogP contribution in [0.1, 0.15) is 12.5 Å². The van der Waals surface area contributed by atoms with Gasteiger partial charge in [0.1, 0.15) is 12.4 Å². The Bertz CT molecular complexity index is 804. The van der Waals surface area contributed by atoms with Crippen LogP contribution in [0.15, 0.2) is 66.3 Å². The molecular formula is C18H17N3OS. The predicted molar refractivity (Wildman–Crippen MR) is 97.6 cm³/mol. The lowest BCUT2D eigenvalue weighted by Gasteiger charge is -2.05. The summed E-state index contributed by atoms with van der Waals surface area (Å²) in [5.74, 6) is 0.820. The van der Waals surface area contributed by atoms with Crippen molar-refractivity contribution >= 4 is 32.4 Å². The SMILES string of the molecule is C=CCOc1ccc(/C(C)=N\Nc2nc3ccccc3s2)cc1. The maximum atomic E-state index is 5.47. The number of ether oxygens (including phenoxy) is 1. The van der Waals surface area contributed by atoms with E-state index in [0.717, 1.165) is 32.4 Å². The number of nitrogens with zero attached hydrogens (tertiary/aromatic N) is 2. The fraction of sp³-hybridized carbons (Fsp3) is 0.111. The monoisotopic (exact) mass is 323 g/mol. The van der Waals surface area contributed by atoms with E-state index in [4.69, 9.17) is 4.74 Å².